The van der Waals surface area contributed by atoms with Crippen LogP contribution in [0.25, 0.3) is 11.3 Å². The van der Waals surface area contributed by atoms with E-state index in [2.05, 4.69) is 14.9 Å². The number of hydrogen-bond donors (Lipinski definition) is 2. The minimum Gasteiger partial charge on any atom is -0.327 e. The van der Waals surface area contributed by atoms with Crippen LogP contribution in [0.3, 0.4) is 0 Å². The van der Waals surface area contributed by atoms with Gasteiger partial charge in [0.05, 0.1) is 0 Å². The lowest BCUT2D eigenvalue weighted by molar-refractivity contribution is -0.117. The number of hydrogen-bond acceptors (Lipinski definition) is 5. The highest BCUT2D eigenvalue weighted by molar-refractivity contribution is 7.03. The summed E-state index contributed by atoms with van der Waals surface area (Å²) in [5.41, 5.74) is 8.66. The van der Waals surface area contributed by atoms with Gasteiger partial charge in [0.25, 0.3) is 0 Å². The van der Waals surface area contributed by atoms with Gasteiger partial charge < -0.3 is 11.1 Å². The van der Waals surface area contributed by atoms with E-state index in [9.17, 15) is 4.79 Å². The van der Waals surface area contributed by atoms with Crippen LogP contribution in [-0.4, -0.2) is 21.5 Å². The summed E-state index contributed by atoms with van der Waals surface area (Å²) in [6, 6.07) is 7.83. The van der Waals surface area contributed by atoms with Gasteiger partial charge in [-0.25, -0.2) is 0 Å². The van der Waals surface area contributed by atoms with Gasteiger partial charge in [0.2, 0.25) is 5.91 Å². The van der Waals surface area contributed by atoms with Crippen LogP contribution in [-0.2, 0) is 4.79 Å². The standard InChI is InChI=1S/C15H18N4OS.ClH/c16-13-3-1-2-11(13)8-15(20)17-12-6-4-10(5-7-12)14-9-21-19-18-14;/h4-7,9,11,13H,1-3,8,16H2,(H,17,20);1H/t11-,13+;/m0./s1. The Morgan fingerprint density at radius 1 is 1.32 bits per heavy atom. The monoisotopic (exact) mass is 338 g/mol. The van der Waals surface area contributed by atoms with E-state index in [1.807, 2.05) is 29.6 Å². The Morgan fingerprint density at radius 2 is 2.09 bits per heavy atom. The van der Waals surface area contributed by atoms with Crippen molar-refractivity contribution in [1.29, 1.82) is 0 Å². The molecule has 1 aromatic heterocycles. The molecule has 1 aliphatic carbocycles. The molecule has 1 heterocycles. The van der Waals surface area contributed by atoms with E-state index >= 15 is 0 Å². The van der Waals surface area contributed by atoms with Crippen molar-refractivity contribution in [2.24, 2.45) is 11.7 Å². The van der Waals surface area contributed by atoms with Gasteiger partial charge in [-0.1, -0.05) is 23.0 Å². The number of nitrogens with one attached hydrogen (secondary N) is 1. The second-order valence-corrected chi connectivity index (χ2v) is 6.08. The first-order valence-corrected chi connectivity index (χ1v) is 7.99. The second kappa shape index (κ2) is 7.67. The van der Waals surface area contributed by atoms with Gasteiger partial charge in [-0.15, -0.1) is 17.5 Å². The van der Waals surface area contributed by atoms with Crippen molar-refractivity contribution in [2.75, 3.05) is 5.32 Å². The highest BCUT2D eigenvalue weighted by atomic mass is 35.5. The summed E-state index contributed by atoms with van der Waals surface area (Å²) >= 11 is 1.32. The molecule has 2 aromatic rings. The van der Waals surface area contributed by atoms with Crippen LogP contribution in [0.4, 0.5) is 5.69 Å². The lowest BCUT2D eigenvalue weighted by atomic mass is 10.00. The van der Waals surface area contributed by atoms with E-state index in [4.69, 9.17) is 5.73 Å². The van der Waals surface area contributed by atoms with E-state index in [0.29, 0.717) is 12.3 Å². The molecule has 22 heavy (non-hydrogen) atoms. The van der Waals surface area contributed by atoms with Crippen LogP contribution in [0, 0.1) is 5.92 Å². The number of rotatable bonds is 4. The molecule has 0 spiro atoms. The Morgan fingerprint density at radius 3 is 2.68 bits per heavy atom. The van der Waals surface area contributed by atoms with E-state index in [1.165, 1.54) is 11.5 Å². The molecule has 1 aliphatic rings. The van der Waals surface area contributed by atoms with Crippen LogP contribution in [0.1, 0.15) is 25.7 Å². The Hall–Kier alpha value is -1.50. The molecule has 118 valence electrons. The van der Waals surface area contributed by atoms with Crippen molar-refractivity contribution in [3.8, 4) is 11.3 Å². The summed E-state index contributed by atoms with van der Waals surface area (Å²) in [5.74, 6) is 0.366. The third-order valence-electron chi connectivity index (χ3n) is 3.99. The number of amides is 1. The maximum Gasteiger partial charge on any atom is 0.224 e. The Balaban J connectivity index is 0.00000176. The summed E-state index contributed by atoms with van der Waals surface area (Å²) < 4.78 is 3.84. The molecular weight excluding hydrogens is 320 g/mol. The van der Waals surface area contributed by atoms with Crippen molar-refractivity contribution in [3.63, 3.8) is 0 Å². The normalized spacial score (nSPS) is 20.4. The number of benzene rings is 1. The van der Waals surface area contributed by atoms with E-state index in [0.717, 1.165) is 36.2 Å². The Bertz CT molecular complexity index is 603. The molecule has 1 saturated carbocycles. The average molecular weight is 339 g/mol. The molecule has 3 N–H and O–H groups in total. The number of nitrogens with two attached hydrogens (primary N) is 1. The molecular formula is C15H19ClN4OS. The highest BCUT2D eigenvalue weighted by Crippen LogP contribution is 2.27. The fourth-order valence-corrected chi connectivity index (χ4v) is 3.25. The number of nitrogens with zero attached hydrogens (tertiary/aromatic N) is 2. The quantitative estimate of drug-likeness (QED) is 0.897. The van der Waals surface area contributed by atoms with Crippen LogP contribution in [0.2, 0.25) is 0 Å². The van der Waals surface area contributed by atoms with E-state index in [-0.39, 0.29) is 24.4 Å². The highest BCUT2D eigenvalue weighted by Gasteiger charge is 2.25. The minimum atomic E-state index is 0. The third kappa shape index (κ3) is 4.03. The van der Waals surface area contributed by atoms with Crippen molar-refractivity contribution in [2.45, 2.75) is 31.7 Å². The number of carbonyl (C=O) groups excluding carboxylic acids is 1. The molecule has 5 nitrogen and oxygen atoms in total. The number of carbonyl (C=O) groups is 1. The zero-order chi connectivity index (χ0) is 14.7. The molecule has 3 rings (SSSR count). The van der Waals surface area contributed by atoms with Crippen molar-refractivity contribution < 1.29 is 4.79 Å². The van der Waals surface area contributed by atoms with Gasteiger partial charge in [0.1, 0.15) is 5.69 Å². The number of aromatic nitrogens is 2. The predicted octanol–water partition coefficient (Wildman–Crippen LogP) is 3.08. The Kier molecular flexibility index (Phi) is 5.88. The molecule has 1 amide bonds. The zero-order valence-corrected chi connectivity index (χ0v) is 13.7. The lowest BCUT2D eigenvalue weighted by Gasteiger charge is -2.14. The first kappa shape index (κ1) is 16.9. The van der Waals surface area contributed by atoms with Crippen LogP contribution in [0.15, 0.2) is 29.6 Å². The minimum absolute atomic E-state index is 0. The van der Waals surface area contributed by atoms with Crippen LogP contribution in [0.5, 0.6) is 0 Å². The molecule has 2 atom stereocenters. The summed E-state index contributed by atoms with van der Waals surface area (Å²) in [6.45, 7) is 0. The molecule has 0 unspecified atom stereocenters. The van der Waals surface area contributed by atoms with Gasteiger partial charge >= 0.3 is 0 Å². The molecule has 0 aliphatic heterocycles. The van der Waals surface area contributed by atoms with Gasteiger partial charge in [-0.3, -0.25) is 4.79 Å². The number of anilines is 1. The van der Waals surface area contributed by atoms with Crippen LogP contribution >= 0.6 is 23.9 Å². The van der Waals surface area contributed by atoms with Gasteiger partial charge in [-0.05, 0) is 42.4 Å². The van der Waals surface area contributed by atoms with E-state index < -0.39 is 0 Å². The number of halogens is 1. The molecule has 1 fully saturated rings. The second-order valence-electron chi connectivity index (χ2n) is 5.47. The molecule has 0 bridgehead atoms. The molecule has 7 heteroatoms. The fourth-order valence-electron chi connectivity index (χ4n) is 2.78. The van der Waals surface area contributed by atoms with Crippen molar-refractivity contribution >= 4 is 35.5 Å². The largest absolute Gasteiger partial charge is 0.327 e. The molecule has 0 saturated heterocycles. The van der Waals surface area contributed by atoms with Gasteiger partial charge in [0.15, 0.2) is 0 Å². The predicted molar refractivity (Wildman–Crippen MR) is 91.2 cm³/mol. The molecule has 1 aromatic carbocycles. The average Bonchev–Trinajstić information content (AvgIpc) is 3.12. The van der Waals surface area contributed by atoms with Crippen molar-refractivity contribution in [3.05, 3.63) is 29.6 Å². The van der Waals surface area contributed by atoms with E-state index in [1.54, 1.807) is 0 Å². The fraction of sp³-hybridized carbons (Fsp3) is 0.400. The third-order valence-corrected chi connectivity index (χ3v) is 4.49. The lowest BCUT2D eigenvalue weighted by Crippen LogP contribution is -2.28. The van der Waals surface area contributed by atoms with Crippen LogP contribution < -0.4 is 11.1 Å². The SMILES string of the molecule is Cl.N[C@@H]1CCC[C@H]1CC(=O)Nc1ccc(-c2csnn2)cc1. The first-order chi connectivity index (χ1) is 10.2. The summed E-state index contributed by atoms with van der Waals surface area (Å²) in [5, 5.41) is 8.85. The maximum atomic E-state index is 12.0. The molecule has 0 radical (unpaired) electrons. The van der Waals surface area contributed by atoms with Crippen molar-refractivity contribution in [1.82, 2.24) is 9.59 Å². The summed E-state index contributed by atoms with van der Waals surface area (Å²) in [7, 11) is 0. The Labute approximate surface area is 139 Å². The smallest absolute Gasteiger partial charge is 0.224 e. The maximum absolute atomic E-state index is 12.0. The van der Waals surface area contributed by atoms with Gasteiger partial charge in [0, 0.05) is 29.1 Å². The zero-order valence-electron chi connectivity index (χ0n) is 12.1. The summed E-state index contributed by atoms with van der Waals surface area (Å²) in [4.78, 5) is 12.0. The topological polar surface area (TPSA) is 80.9 Å². The first-order valence-electron chi connectivity index (χ1n) is 7.15. The van der Waals surface area contributed by atoms with Gasteiger partial charge in [-0.2, -0.15) is 0 Å². The summed E-state index contributed by atoms with van der Waals surface area (Å²) in [6.07, 6.45) is 3.74.